The first-order valence-electron chi connectivity index (χ1n) is 5.58. The molecule has 86 valence electrons. The van der Waals surface area contributed by atoms with Crippen molar-refractivity contribution in [3.63, 3.8) is 0 Å². The summed E-state index contributed by atoms with van der Waals surface area (Å²) in [6, 6.07) is 0.250. The Labute approximate surface area is 90.5 Å². The van der Waals surface area contributed by atoms with E-state index < -0.39 is 5.60 Å². The summed E-state index contributed by atoms with van der Waals surface area (Å²) in [5.41, 5.74) is -0.408. The molecule has 2 aliphatic heterocycles. The van der Waals surface area contributed by atoms with Gasteiger partial charge in [-0.25, -0.2) is 4.79 Å². The topological polar surface area (TPSA) is 42.1 Å². The van der Waals surface area contributed by atoms with Gasteiger partial charge < -0.3 is 14.4 Å². The quantitative estimate of drug-likeness (QED) is 0.623. The first-order valence-corrected chi connectivity index (χ1v) is 5.58. The molecule has 0 aliphatic carbocycles. The lowest BCUT2D eigenvalue weighted by molar-refractivity contribution is 0.0204. The maximum Gasteiger partial charge on any atom is 0.410 e. The van der Waals surface area contributed by atoms with Crippen LogP contribution in [0, 0.1) is 0 Å². The summed E-state index contributed by atoms with van der Waals surface area (Å²) in [5, 5.41) is 0. The number of carbonyl (C=O) groups is 1. The molecule has 0 aromatic carbocycles. The number of carbonyl (C=O) groups excluding carboxylic acids is 1. The molecule has 15 heavy (non-hydrogen) atoms. The number of hydrogen-bond donors (Lipinski definition) is 0. The van der Waals surface area contributed by atoms with Crippen LogP contribution in [0.5, 0.6) is 0 Å². The van der Waals surface area contributed by atoms with Crippen molar-refractivity contribution in [2.24, 2.45) is 0 Å². The second-order valence-corrected chi connectivity index (χ2v) is 5.26. The lowest BCUT2D eigenvalue weighted by Gasteiger charge is -2.27. The first-order chi connectivity index (χ1) is 6.97. The second-order valence-electron chi connectivity index (χ2n) is 5.26. The zero-order chi connectivity index (χ0) is 11.1. The van der Waals surface area contributed by atoms with Crippen LogP contribution >= 0.6 is 0 Å². The van der Waals surface area contributed by atoms with Crippen LogP contribution in [0.4, 0.5) is 4.79 Å². The zero-order valence-corrected chi connectivity index (χ0v) is 9.66. The Hall–Kier alpha value is -0.770. The van der Waals surface area contributed by atoms with Gasteiger partial charge in [-0.05, 0) is 33.6 Å². The van der Waals surface area contributed by atoms with E-state index in [0.717, 1.165) is 26.0 Å². The average Bonchev–Trinajstić information content (AvgIpc) is 2.80. The van der Waals surface area contributed by atoms with Crippen molar-refractivity contribution in [1.82, 2.24) is 4.90 Å². The Balaban J connectivity index is 1.93. The highest BCUT2D eigenvalue weighted by atomic mass is 16.6. The molecule has 0 unspecified atom stereocenters. The smallest absolute Gasteiger partial charge is 0.410 e. The third kappa shape index (κ3) is 2.62. The standard InChI is InChI=1S/C11H19NO3/c1-11(2,3)15-10(13)12-6-4-5-8(12)9-7-14-9/h8-9H,4-7H2,1-3H3/t8-,9-/m0/s1. The molecule has 4 heteroatoms. The summed E-state index contributed by atoms with van der Waals surface area (Å²) in [6.07, 6.45) is 2.17. The summed E-state index contributed by atoms with van der Waals surface area (Å²) in [5.74, 6) is 0. The number of epoxide rings is 1. The minimum atomic E-state index is -0.408. The van der Waals surface area contributed by atoms with Crippen molar-refractivity contribution in [3.8, 4) is 0 Å². The van der Waals surface area contributed by atoms with Crippen LogP contribution in [0.3, 0.4) is 0 Å². The lowest BCUT2D eigenvalue weighted by Crippen LogP contribution is -2.42. The monoisotopic (exact) mass is 213 g/mol. The van der Waals surface area contributed by atoms with Gasteiger partial charge in [0.05, 0.1) is 12.6 Å². The average molecular weight is 213 g/mol. The Morgan fingerprint density at radius 2 is 2.13 bits per heavy atom. The molecule has 2 aliphatic rings. The lowest BCUT2D eigenvalue weighted by atomic mass is 10.1. The number of nitrogens with zero attached hydrogens (tertiary/aromatic N) is 1. The SMILES string of the molecule is CC(C)(C)OC(=O)N1CCC[C@H]1[C@@H]1CO1. The van der Waals surface area contributed by atoms with Crippen molar-refractivity contribution in [2.75, 3.05) is 13.2 Å². The fourth-order valence-electron chi connectivity index (χ4n) is 2.00. The minimum Gasteiger partial charge on any atom is -0.444 e. The van der Waals surface area contributed by atoms with E-state index in [0.29, 0.717) is 0 Å². The van der Waals surface area contributed by atoms with Crippen LogP contribution < -0.4 is 0 Å². The molecule has 2 fully saturated rings. The normalized spacial score (nSPS) is 30.5. The van der Waals surface area contributed by atoms with Crippen molar-refractivity contribution in [2.45, 2.75) is 51.4 Å². The zero-order valence-electron chi connectivity index (χ0n) is 9.66. The fraction of sp³-hybridized carbons (Fsp3) is 0.909. The van der Waals surface area contributed by atoms with E-state index in [-0.39, 0.29) is 18.2 Å². The van der Waals surface area contributed by atoms with E-state index in [1.165, 1.54) is 0 Å². The number of likely N-dealkylation sites (tertiary alicyclic amines) is 1. The van der Waals surface area contributed by atoms with Crippen LogP contribution in [0.25, 0.3) is 0 Å². The van der Waals surface area contributed by atoms with Crippen LogP contribution in [0.1, 0.15) is 33.6 Å². The van der Waals surface area contributed by atoms with Crippen LogP contribution in [0.15, 0.2) is 0 Å². The molecule has 0 saturated carbocycles. The molecule has 0 bridgehead atoms. The van der Waals surface area contributed by atoms with Gasteiger partial charge in [-0.2, -0.15) is 0 Å². The van der Waals surface area contributed by atoms with E-state index >= 15 is 0 Å². The van der Waals surface area contributed by atoms with E-state index in [2.05, 4.69) is 0 Å². The van der Waals surface area contributed by atoms with Gasteiger partial charge in [0.1, 0.15) is 11.7 Å². The van der Waals surface area contributed by atoms with Gasteiger partial charge in [-0.1, -0.05) is 0 Å². The molecule has 2 atom stereocenters. The Morgan fingerprint density at radius 3 is 2.67 bits per heavy atom. The number of ether oxygens (including phenoxy) is 2. The van der Waals surface area contributed by atoms with Gasteiger partial charge in [0.25, 0.3) is 0 Å². The molecule has 0 aromatic heterocycles. The molecule has 2 rings (SSSR count). The number of rotatable bonds is 1. The number of amides is 1. The summed E-state index contributed by atoms with van der Waals surface area (Å²) >= 11 is 0. The molecular weight excluding hydrogens is 194 g/mol. The fourth-order valence-corrected chi connectivity index (χ4v) is 2.00. The number of hydrogen-bond acceptors (Lipinski definition) is 3. The molecule has 0 radical (unpaired) electrons. The molecule has 2 heterocycles. The highest BCUT2D eigenvalue weighted by Gasteiger charge is 2.42. The van der Waals surface area contributed by atoms with Crippen molar-refractivity contribution < 1.29 is 14.3 Å². The Morgan fingerprint density at radius 1 is 1.47 bits per heavy atom. The summed E-state index contributed by atoms with van der Waals surface area (Å²) in [7, 11) is 0. The van der Waals surface area contributed by atoms with Gasteiger partial charge in [-0.15, -0.1) is 0 Å². The van der Waals surface area contributed by atoms with Crippen molar-refractivity contribution in [1.29, 1.82) is 0 Å². The van der Waals surface area contributed by atoms with Gasteiger partial charge in [-0.3, -0.25) is 0 Å². The van der Waals surface area contributed by atoms with E-state index in [1.807, 2.05) is 25.7 Å². The van der Waals surface area contributed by atoms with Gasteiger partial charge >= 0.3 is 6.09 Å². The van der Waals surface area contributed by atoms with Gasteiger partial charge in [0.15, 0.2) is 0 Å². The maximum atomic E-state index is 11.9. The predicted molar refractivity (Wildman–Crippen MR) is 55.7 cm³/mol. The van der Waals surface area contributed by atoms with Crippen LogP contribution in [-0.4, -0.2) is 41.9 Å². The summed E-state index contributed by atoms with van der Waals surface area (Å²) in [4.78, 5) is 13.7. The molecule has 4 nitrogen and oxygen atoms in total. The first kappa shape index (κ1) is 10.7. The van der Waals surface area contributed by atoms with E-state index in [9.17, 15) is 4.79 Å². The maximum absolute atomic E-state index is 11.9. The van der Waals surface area contributed by atoms with Crippen molar-refractivity contribution >= 4 is 6.09 Å². The molecule has 0 N–H and O–H groups in total. The van der Waals surface area contributed by atoms with Gasteiger partial charge in [0, 0.05) is 6.54 Å². The minimum absolute atomic E-state index is 0.194. The Bertz CT molecular complexity index is 255. The molecule has 2 saturated heterocycles. The van der Waals surface area contributed by atoms with Gasteiger partial charge in [0.2, 0.25) is 0 Å². The van der Waals surface area contributed by atoms with Crippen molar-refractivity contribution in [3.05, 3.63) is 0 Å². The third-order valence-corrected chi connectivity index (χ3v) is 2.72. The molecule has 1 amide bonds. The Kier molecular flexibility index (Phi) is 2.63. The molecular formula is C11H19NO3. The van der Waals surface area contributed by atoms with Crippen LogP contribution in [0.2, 0.25) is 0 Å². The van der Waals surface area contributed by atoms with E-state index in [1.54, 1.807) is 0 Å². The second kappa shape index (κ2) is 3.67. The molecule has 0 aromatic rings. The van der Waals surface area contributed by atoms with E-state index in [4.69, 9.17) is 9.47 Å². The predicted octanol–water partition coefficient (Wildman–Crippen LogP) is 1.78. The largest absolute Gasteiger partial charge is 0.444 e. The summed E-state index contributed by atoms with van der Waals surface area (Å²) in [6.45, 7) is 7.28. The molecule has 0 spiro atoms. The summed E-state index contributed by atoms with van der Waals surface area (Å²) < 4.78 is 10.6. The highest BCUT2D eigenvalue weighted by Crippen LogP contribution is 2.29. The third-order valence-electron chi connectivity index (χ3n) is 2.72. The van der Waals surface area contributed by atoms with Crippen LogP contribution in [-0.2, 0) is 9.47 Å². The highest BCUT2D eigenvalue weighted by molar-refractivity contribution is 5.69.